The van der Waals surface area contributed by atoms with Gasteiger partial charge in [0.05, 0.1) is 6.54 Å². The van der Waals surface area contributed by atoms with E-state index in [0.717, 1.165) is 5.56 Å². The van der Waals surface area contributed by atoms with Crippen LogP contribution >= 0.6 is 0 Å². The zero-order valence-corrected chi connectivity index (χ0v) is 15.1. The zero-order valence-electron chi connectivity index (χ0n) is 15.1. The molecule has 2 heterocycles. The predicted molar refractivity (Wildman–Crippen MR) is 101 cm³/mol. The van der Waals surface area contributed by atoms with Crippen LogP contribution < -0.4 is 5.32 Å². The number of carbonyl (C=O) groups is 2. The lowest BCUT2D eigenvalue weighted by Gasteiger charge is -2.34. The highest BCUT2D eigenvalue weighted by atomic mass is 19.1. The van der Waals surface area contributed by atoms with Crippen molar-refractivity contribution < 1.29 is 14.0 Å². The summed E-state index contributed by atoms with van der Waals surface area (Å²) in [6, 6.07) is 9.67. The maximum Gasteiger partial charge on any atom is 0.238 e. The molecule has 0 spiro atoms. The number of hydrogen-bond donors (Lipinski definition) is 1. The van der Waals surface area contributed by atoms with Crippen LogP contribution in [0.4, 0.5) is 10.1 Å². The summed E-state index contributed by atoms with van der Waals surface area (Å²) in [6.07, 6.45) is 4.64. The number of hydrogen-bond acceptors (Lipinski definition) is 4. The highest BCUT2D eigenvalue weighted by Gasteiger charge is 2.22. The van der Waals surface area contributed by atoms with E-state index in [-0.39, 0.29) is 24.2 Å². The number of aromatic nitrogens is 1. The molecule has 0 atom stereocenters. The Morgan fingerprint density at radius 3 is 2.63 bits per heavy atom. The van der Waals surface area contributed by atoms with Crippen LogP contribution in [-0.2, 0) is 16.0 Å². The number of benzene rings is 1. The quantitative estimate of drug-likeness (QED) is 0.844. The zero-order chi connectivity index (χ0) is 19.1. The lowest BCUT2D eigenvalue weighted by molar-refractivity contribution is -0.133. The Labute approximate surface area is 158 Å². The summed E-state index contributed by atoms with van der Waals surface area (Å²) in [6.45, 7) is 2.75. The maximum absolute atomic E-state index is 13.2. The van der Waals surface area contributed by atoms with Crippen molar-refractivity contribution >= 4 is 17.5 Å². The van der Waals surface area contributed by atoms with Gasteiger partial charge in [-0.3, -0.25) is 19.5 Å². The van der Waals surface area contributed by atoms with Gasteiger partial charge in [0.25, 0.3) is 0 Å². The number of piperazine rings is 1. The van der Waals surface area contributed by atoms with Gasteiger partial charge >= 0.3 is 0 Å². The molecule has 0 radical (unpaired) electrons. The summed E-state index contributed by atoms with van der Waals surface area (Å²) in [4.78, 5) is 32.4. The number of aryl methyl sites for hydroxylation is 1. The molecule has 1 N–H and O–H groups in total. The Morgan fingerprint density at radius 1 is 1.11 bits per heavy atom. The van der Waals surface area contributed by atoms with E-state index in [1.54, 1.807) is 24.5 Å². The Balaban J connectivity index is 1.39. The Morgan fingerprint density at radius 2 is 1.93 bits per heavy atom. The van der Waals surface area contributed by atoms with Gasteiger partial charge in [-0.05, 0) is 36.2 Å². The van der Waals surface area contributed by atoms with Gasteiger partial charge in [0.15, 0.2) is 0 Å². The highest BCUT2D eigenvalue weighted by Crippen LogP contribution is 2.10. The topological polar surface area (TPSA) is 65.5 Å². The van der Waals surface area contributed by atoms with Gasteiger partial charge in [-0.15, -0.1) is 0 Å². The molecule has 1 aromatic carbocycles. The molecular weight excluding hydrogens is 347 g/mol. The number of nitrogens with one attached hydrogen (secondary N) is 1. The van der Waals surface area contributed by atoms with Gasteiger partial charge in [-0.2, -0.15) is 0 Å². The third-order valence-corrected chi connectivity index (χ3v) is 4.55. The van der Waals surface area contributed by atoms with Crippen LogP contribution in [0.3, 0.4) is 0 Å². The van der Waals surface area contributed by atoms with E-state index >= 15 is 0 Å². The minimum atomic E-state index is -0.383. The standard InChI is InChI=1S/C20H23FN4O2/c21-17-4-1-5-18(13-17)23-19(26)15-24-9-11-25(12-10-24)20(27)7-6-16-3-2-8-22-14-16/h1-5,8,13-14H,6-7,9-12,15H2,(H,23,26). The third-order valence-electron chi connectivity index (χ3n) is 4.55. The molecule has 1 aliphatic rings. The largest absolute Gasteiger partial charge is 0.340 e. The normalized spacial score (nSPS) is 14.8. The van der Waals surface area contributed by atoms with Crippen LogP contribution in [0.25, 0.3) is 0 Å². The van der Waals surface area contributed by atoms with Crippen molar-refractivity contribution in [2.45, 2.75) is 12.8 Å². The Kier molecular flexibility index (Phi) is 6.49. The average molecular weight is 370 g/mol. The van der Waals surface area contributed by atoms with E-state index in [9.17, 15) is 14.0 Å². The molecule has 27 heavy (non-hydrogen) atoms. The summed E-state index contributed by atoms with van der Waals surface area (Å²) in [7, 11) is 0. The summed E-state index contributed by atoms with van der Waals surface area (Å²) in [5.41, 5.74) is 1.50. The van der Waals surface area contributed by atoms with Gasteiger partial charge in [0, 0.05) is 50.7 Å². The minimum absolute atomic E-state index is 0.128. The number of carbonyl (C=O) groups excluding carboxylic acids is 2. The molecular formula is C20H23FN4O2. The van der Waals surface area contributed by atoms with E-state index < -0.39 is 0 Å². The number of amides is 2. The fourth-order valence-corrected chi connectivity index (χ4v) is 3.08. The summed E-state index contributed by atoms with van der Waals surface area (Å²) >= 11 is 0. The molecule has 2 aromatic rings. The lowest BCUT2D eigenvalue weighted by Crippen LogP contribution is -2.50. The van der Waals surface area contributed by atoms with Gasteiger partial charge < -0.3 is 10.2 Å². The monoisotopic (exact) mass is 370 g/mol. The second kappa shape index (κ2) is 9.23. The molecule has 3 rings (SSSR count). The number of anilines is 1. The van der Waals surface area contributed by atoms with Crippen LogP contribution in [0.1, 0.15) is 12.0 Å². The SMILES string of the molecule is O=C(CN1CCN(C(=O)CCc2cccnc2)CC1)Nc1cccc(F)c1. The van der Waals surface area contributed by atoms with E-state index in [1.165, 1.54) is 12.1 Å². The molecule has 0 saturated carbocycles. The predicted octanol–water partition coefficient (Wildman–Crippen LogP) is 1.94. The fraction of sp³-hybridized carbons (Fsp3) is 0.350. The van der Waals surface area contributed by atoms with Gasteiger partial charge in [0.1, 0.15) is 5.82 Å². The number of nitrogens with zero attached hydrogens (tertiary/aromatic N) is 3. The number of pyridine rings is 1. The van der Waals surface area contributed by atoms with Crippen molar-refractivity contribution in [1.82, 2.24) is 14.8 Å². The van der Waals surface area contributed by atoms with Crippen molar-refractivity contribution in [3.05, 3.63) is 60.2 Å². The van der Waals surface area contributed by atoms with E-state index in [0.29, 0.717) is 44.7 Å². The molecule has 1 saturated heterocycles. The third kappa shape index (κ3) is 5.86. The molecule has 6 nitrogen and oxygen atoms in total. The molecule has 2 amide bonds. The Hall–Kier alpha value is -2.80. The van der Waals surface area contributed by atoms with Gasteiger partial charge in [-0.1, -0.05) is 12.1 Å². The van der Waals surface area contributed by atoms with Crippen molar-refractivity contribution in [3.63, 3.8) is 0 Å². The van der Waals surface area contributed by atoms with Gasteiger partial charge in [0.2, 0.25) is 11.8 Å². The molecule has 1 aliphatic heterocycles. The fourth-order valence-electron chi connectivity index (χ4n) is 3.08. The van der Waals surface area contributed by atoms with Crippen molar-refractivity contribution in [3.8, 4) is 0 Å². The molecule has 1 fully saturated rings. The molecule has 142 valence electrons. The summed E-state index contributed by atoms with van der Waals surface area (Å²) < 4.78 is 13.2. The van der Waals surface area contributed by atoms with Crippen LogP contribution in [0.15, 0.2) is 48.8 Å². The molecule has 0 unspecified atom stereocenters. The first-order chi connectivity index (χ1) is 13.1. The average Bonchev–Trinajstić information content (AvgIpc) is 2.67. The van der Waals surface area contributed by atoms with Crippen molar-refractivity contribution in [2.75, 3.05) is 38.0 Å². The molecule has 7 heteroatoms. The first-order valence-corrected chi connectivity index (χ1v) is 9.04. The molecule has 0 bridgehead atoms. The minimum Gasteiger partial charge on any atom is -0.340 e. The highest BCUT2D eigenvalue weighted by molar-refractivity contribution is 5.92. The lowest BCUT2D eigenvalue weighted by atomic mass is 10.1. The van der Waals surface area contributed by atoms with Crippen molar-refractivity contribution in [1.29, 1.82) is 0 Å². The van der Waals surface area contributed by atoms with Crippen LogP contribution in [-0.4, -0.2) is 59.3 Å². The van der Waals surface area contributed by atoms with Crippen LogP contribution in [0, 0.1) is 5.82 Å². The van der Waals surface area contributed by atoms with Gasteiger partial charge in [-0.25, -0.2) is 4.39 Å². The van der Waals surface area contributed by atoms with E-state index in [1.807, 2.05) is 21.9 Å². The first-order valence-electron chi connectivity index (χ1n) is 9.04. The summed E-state index contributed by atoms with van der Waals surface area (Å²) in [5.74, 6) is -0.439. The smallest absolute Gasteiger partial charge is 0.238 e. The maximum atomic E-state index is 13.2. The van der Waals surface area contributed by atoms with Crippen molar-refractivity contribution in [2.24, 2.45) is 0 Å². The van der Waals surface area contributed by atoms with Crippen LogP contribution in [0.2, 0.25) is 0 Å². The van der Waals surface area contributed by atoms with E-state index in [4.69, 9.17) is 0 Å². The summed E-state index contributed by atoms with van der Waals surface area (Å²) in [5, 5.41) is 2.70. The number of halogens is 1. The first kappa shape index (κ1) is 19.0. The molecule has 1 aromatic heterocycles. The Bertz CT molecular complexity index is 777. The molecule has 0 aliphatic carbocycles. The second-order valence-corrected chi connectivity index (χ2v) is 6.58. The van der Waals surface area contributed by atoms with Crippen LogP contribution in [0.5, 0.6) is 0 Å². The van der Waals surface area contributed by atoms with E-state index in [2.05, 4.69) is 10.3 Å². The number of rotatable bonds is 6. The second-order valence-electron chi connectivity index (χ2n) is 6.58.